The van der Waals surface area contributed by atoms with Crippen molar-refractivity contribution in [1.82, 2.24) is 4.90 Å². The number of anilines is 2. The van der Waals surface area contributed by atoms with Crippen molar-refractivity contribution >= 4 is 34.7 Å². The van der Waals surface area contributed by atoms with Gasteiger partial charge in [-0.15, -0.1) is 0 Å². The molecule has 0 atom stereocenters. The molecule has 2 N–H and O–H groups in total. The summed E-state index contributed by atoms with van der Waals surface area (Å²) in [6.45, 7) is 8.06. The van der Waals surface area contributed by atoms with Crippen molar-refractivity contribution in [1.29, 1.82) is 0 Å². The molecule has 0 aromatic heterocycles. The minimum atomic E-state index is -0.415. The first-order valence-electron chi connectivity index (χ1n) is 10.9. The van der Waals surface area contributed by atoms with Crippen LogP contribution in [0.5, 0.6) is 5.75 Å². The molecule has 2 aromatic rings. The molecule has 0 spiro atoms. The topological polar surface area (TPSA) is 97.0 Å². The van der Waals surface area contributed by atoms with Crippen molar-refractivity contribution < 1.29 is 23.9 Å². The molecule has 3 rings (SSSR count). The van der Waals surface area contributed by atoms with Gasteiger partial charge in [-0.25, -0.2) is 0 Å². The number of rotatable bonds is 10. The first kappa shape index (κ1) is 24.0. The van der Waals surface area contributed by atoms with E-state index in [0.717, 1.165) is 0 Å². The molecule has 1 heterocycles. The number of hydrogen-bond donors (Lipinski definition) is 2. The highest BCUT2D eigenvalue weighted by Gasteiger charge is 2.39. The number of hydrogen-bond acceptors (Lipinski definition) is 6. The molecule has 0 saturated heterocycles. The van der Waals surface area contributed by atoms with Crippen molar-refractivity contribution in [2.45, 2.75) is 33.8 Å². The fourth-order valence-electron chi connectivity index (χ4n) is 3.41. The first-order chi connectivity index (χ1) is 15.8. The summed E-state index contributed by atoms with van der Waals surface area (Å²) < 4.78 is 11.0. The van der Waals surface area contributed by atoms with E-state index in [4.69, 9.17) is 9.47 Å². The molecule has 0 bridgehead atoms. The van der Waals surface area contributed by atoms with Gasteiger partial charge >= 0.3 is 0 Å². The van der Waals surface area contributed by atoms with Gasteiger partial charge in [-0.3, -0.25) is 19.3 Å². The maximum atomic E-state index is 13.3. The maximum absolute atomic E-state index is 13.3. The lowest BCUT2D eigenvalue weighted by atomic mass is 10.0. The summed E-state index contributed by atoms with van der Waals surface area (Å²) in [4.78, 5) is 38.9. The summed E-state index contributed by atoms with van der Waals surface area (Å²) in [7, 11) is 0. The zero-order valence-electron chi connectivity index (χ0n) is 19.3. The fraction of sp³-hybridized carbons (Fsp3) is 0.320. The number of nitrogens with one attached hydrogen (secondary N) is 2. The van der Waals surface area contributed by atoms with E-state index in [0.29, 0.717) is 34.9 Å². The van der Waals surface area contributed by atoms with Crippen LogP contribution in [0.4, 0.5) is 11.4 Å². The Bertz CT molecular complexity index is 1040. The van der Waals surface area contributed by atoms with E-state index in [1.165, 1.54) is 11.8 Å². The summed E-state index contributed by atoms with van der Waals surface area (Å²) in [6.07, 6.45) is -0.00364. The third kappa shape index (κ3) is 5.98. The number of imide groups is 1. The molecule has 0 unspecified atom stereocenters. The molecule has 2 aromatic carbocycles. The number of benzene rings is 2. The summed E-state index contributed by atoms with van der Waals surface area (Å²) in [6, 6.07) is 14.0. The van der Waals surface area contributed by atoms with E-state index in [2.05, 4.69) is 10.6 Å². The molecule has 1 aliphatic heterocycles. The van der Waals surface area contributed by atoms with Gasteiger partial charge in [-0.2, -0.15) is 0 Å². The van der Waals surface area contributed by atoms with Gasteiger partial charge < -0.3 is 20.1 Å². The standard InChI is InChI=1S/C25H29N3O5/c1-5-32-21-12-6-18(7-13-21)22-23(25(31)28(24(22)30)14-15-33-16(2)3)27-20-10-8-19(9-11-20)26-17(4)29/h6-13,16,27H,5,14-15H2,1-4H3,(H,26,29). The van der Waals surface area contributed by atoms with E-state index in [1.54, 1.807) is 48.5 Å². The smallest absolute Gasteiger partial charge is 0.278 e. The molecule has 1 aliphatic rings. The minimum absolute atomic E-state index is 0.00364. The second-order valence-electron chi connectivity index (χ2n) is 7.77. The number of nitrogens with zero attached hydrogens (tertiary/aromatic N) is 1. The van der Waals surface area contributed by atoms with Gasteiger partial charge in [0.15, 0.2) is 0 Å². The summed E-state index contributed by atoms with van der Waals surface area (Å²) in [5.41, 5.74) is 2.35. The van der Waals surface area contributed by atoms with Crippen LogP contribution in [0.25, 0.3) is 5.57 Å². The van der Waals surface area contributed by atoms with Crippen LogP contribution in [-0.4, -0.2) is 48.5 Å². The third-order valence-corrected chi connectivity index (χ3v) is 4.86. The maximum Gasteiger partial charge on any atom is 0.278 e. The fourth-order valence-corrected chi connectivity index (χ4v) is 3.41. The molecular weight excluding hydrogens is 422 g/mol. The van der Waals surface area contributed by atoms with Gasteiger partial charge in [0.2, 0.25) is 5.91 Å². The quantitative estimate of drug-likeness (QED) is 0.535. The zero-order chi connectivity index (χ0) is 24.0. The van der Waals surface area contributed by atoms with Crippen molar-refractivity contribution in [2.75, 3.05) is 30.4 Å². The lowest BCUT2D eigenvalue weighted by Gasteiger charge is -2.16. The van der Waals surface area contributed by atoms with Crippen LogP contribution in [0.15, 0.2) is 54.2 Å². The van der Waals surface area contributed by atoms with Gasteiger partial charge in [0, 0.05) is 18.3 Å². The van der Waals surface area contributed by atoms with Gasteiger partial charge in [0.05, 0.1) is 31.4 Å². The third-order valence-electron chi connectivity index (χ3n) is 4.86. The Hall–Kier alpha value is -3.65. The van der Waals surface area contributed by atoms with Gasteiger partial charge in [-0.1, -0.05) is 12.1 Å². The molecule has 0 aliphatic carbocycles. The van der Waals surface area contributed by atoms with Crippen LogP contribution in [-0.2, 0) is 19.1 Å². The Morgan fingerprint density at radius 1 is 0.970 bits per heavy atom. The number of amides is 3. The predicted octanol–water partition coefficient (Wildman–Crippen LogP) is 3.66. The van der Waals surface area contributed by atoms with Crippen LogP contribution >= 0.6 is 0 Å². The average molecular weight is 452 g/mol. The Balaban J connectivity index is 1.91. The second kappa shape index (κ2) is 10.8. The lowest BCUT2D eigenvalue weighted by molar-refractivity contribution is -0.138. The monoisotopic (exact) mass is 451 g/mol. The van der Waals surface area contributed by atoms with Crippen molar-refractivity contribution in [3.63, 3.8) is 0 Å². The average Bonchev–Trinajstić information content (AvgIpc) is 2.99. The predicted molar refractivity (Wildman–Crippen MR) is 127 cm³/mol. The molecular formula is C25H29N3O5. The second-order valence-corrected chi connectivity index (χ2v) is 7.77. The van der Waals surface area contributed by atoms with E-state index in [1.807, 2.05) is 20.8 Å². The van der Waals surface area contributed by atoms with Crippen molar-refractivity contribution in [3.8, 4) is 5.75 Å². The molecule has 0 saturated carbocycles. The highest BCUT2D eigenvalue weighted by Crippen LogP contribution is 2.31. The van der Waals surface area contributed by atoms with E-state index < -0.39 is 5.91 Å². The zero-order valence-corrected chi connectivity index (χ0v) is 19.3. The first-order valence-corrected chi connectivity index (χ1v) is 10.9. The van der Waals surface area contributed by atoms with Crippen LogP contribution in [0, 0.1) is 0 Å². The van der Waals surface area contributed by atoms with Gasteiger partial charge in [0.1, 0.15) is 11.4 Å². The van der Waals surface area contributed by atoms with E-state index in [-0.39, 0.29) is 36.8 Å². The molecule has 33 heavy (non-hydrogen) atoms. The molecule has 174 valence electrons. The molecule has 0 radical (unpaired) electrons. The number of carbonyl (C=O) groups excluding carboxylic acids is 3. The van der Waals surface area contributed by atoms with Gasteiger partial charge in [0.25, 0.3) is 11.8 Å². The Kier molecular flexibility index (Phi) is 7.84. The highest BCUT2D eigenvalue weighted by molar-refractivity contribution is 6.36. The van der Waals surface area contributed by atoms with Crippen LogP contribution in [0.2, 0.25) is 0 Å². The summed E-state index contributed by atoms with van der Waals surface area (Å²) >= 11 is 0. The summed E-state index contributed by atoms with van der Waals surface area (Å²) in [5.74, 6) is -0.285. The molecule has 8 heteroatoms. The van der Waals surface area contributed by atoms with Crippen molar-refractivity contribution in [2.24, 2.45) is 0 Å². The van der Waals surface area contributed by atoms with Crippen LogP contribution in [0.3, 0.4) is 0 Å². The molecule has 8 nitrogen and oxygen atoms in total. The molecule has 0 fully saturated rings. The Labute approximate surface area is 193 Å². The van der Waals surface area contributed by atoms with Crippen molar-refractivity contribution in [3.05, 3.63) is 59.8 Å². The normalized spacial score (nSPS) is 13.7. The van der Waals surface area contributed by atoms with Gasteiger partial charge in [-0.05, 0) is 62.7 Å². The number of ether oxygens (including phenoxy) is 2. The van der Waals surface area contributed by atoms with E-state index in [9.17, 15) is 14.4 Å². The largest absolute Gasteiger partial charge is 0.494 e. The number of carbonyl (C=O) groups is 3. The Morgan fingerprint density at radius 2 is 1.61 bits per heavy atom. The van der Waals surface area contributed by atoms with Crippen LogP contribution in [0.1, 0.15) is 33.3 Å². The Morgan fingerprint density at radius 3 is 2.18 bits per heavy atom. The lowest BCUT2D eigenvalue weighted by Crippen LogP contribution is -2.35. The summed E-state index contributed by atoms with van der Waals surface area (Å²) in [5, 5.41) is 5.80. The SMILES string of the molecule is CCOc1ccc(C2=C(Nc3ccc(NC(C)=O)cc3)C(=O)N(CCOC(C)C)C2=O)cc1. The minimum Gasteiger partial charge on any atom is -0.494 e. The van der Waals surface area contributed by atoms with E-state index >= 15 is 0 Å². The highest BCUT2D eigenvalue weighted by atomic mass is 16.5. The van der Waals surface area contributed by atoms with Crippen LogP contribution < -0.4 is 15.4 Å². The molecule has 3 amide bonds.